The molecule has 94 valence electrons. The minimum atomic E-state index is -2.79. The van der Waals surface area contributed by atoms with Crippen LogP contribution in [-0.2, 0) is 22.2 Å². The van der Waals surface area contributed by atoms with Crippen molar-refractivity contribution in [3.63, 3.8) is 0 Å². The molecular weight excluding hydrogens is 246 g/mol. The van der Waals surface area contributed by atoms with E-state index in [0.717, 1.165) is 4.31 Å². The van der Waals surface area contributed by atoms with Crippen molar-refractivity contribution in [3.8, 4) is 0 Å². The van der Waals surface area contributed by atoms with Gasteiger partial charge in [-0.15, -0.1) is 0 Å². The van der Waals surface area contributed by atoms with Crippen molar-refractivity contribution in [2.24, 2.45) is 0 Å². The Morgan fingerprint density at radius 2 is 2.06 bits per heavy atom. The van der Waals surface area contributed by atoms with Crippen molar-refractivity contribution in [2.75, 3.05) is 18.5 Å². The number of carbonyl (C=O) groups is 1. The maximum absolute atomic E-state index is 11.4. The zero-order chi connectivity index (χ0) is 13.0. The molecule has 6 nitrogen and oxygen atoms in total. The number of anilines is 1. The van der Waals surface area contributed by atoms with Gasteiger partial charge in [0.15, 0.2) is 0 Å². The first-order chi connectivity index (χ1) is 7.99. The molecule has 0 amide bonds. The van der Waals surface area contributed by atoms with E-state index in [-0.39, 0.29) is 12.2 Å². The second-order valence-corrected chi connectivity index (χ2v) is 4.37. The third kappa shape index (κ3) is 3.18. The van der Waals surface area contributed by atoms with Crippen LogP contribution in [0.3, 0.4) is 0 Å². The van der Waals surface area contributed by atoms with Gasteiger partial charge in [0.2, 0.25) is 10.9 Å². The predicted octanol–water partition coefficient (Wildman–Crippen LogP) is -0.0719. The van der Waals surface area contributed by atoms with Crippen molar-refractivity contribution in [1.82, 2.24) is 0 Å². The second kappa shape index (κ2) is 5.65. The molecule has 1 aromatic rings. The minimum absolute atomic E-state index is 0.192. The molecule has 0 aliphatic rings. The van der Waals surface area contributed by atoms with E-state index < -0.39 is 16.9 Å². The molecule has 0 fully saturated rings. The van der Waals surface area contributed by atoms with Crippen LogP contribution in [0.5, 0.6) is 0 Å². The van der Waals surface area contributed by atoms with E-state index in [0.29, 0.717) is 11.3 Å². The lowest BCUT2D eigenvalue weighted by Crippen LogP contribution is -2.15. The summed E-state index contributed by atoms with van der Waals surface area (Å²) in [6.07, 6.45) is 0. The van der Waals surface area contributed by atoms with Crippen LogP contribution in [0, 0.1) is 0 Å². The van der Waals surface area contributed by atoms with E-state index >= 15 is 0 Å². The van der Waals surface area contributed by atoms with Gasteiger partial charge in [0.05, 0.1) is 25.0 Å². The SMILES string of the molecule is COC(=O)c1cc(CO)cc(N(C)[SH](=O)=O)c1. The van der Waals surface area contributed by atoms with E-state index in [1.54, 1.807) is 0 Å². The monoisotopic (exact) mass is 259 g/mol. The van der Waals surface area contributed by atoms with Gasteiger partial charge >= 0.3 is 5.97 Å². The molecule has 1 N–H and O–H groups in total. The number of methoxy groups -OCH3 is 1. The van der Waals surface area contributed by atoms with Gasteiger partial charge in [-0.1, -0.05) is 0 Å². The minimum Gasteiger partial charge on any atom is -0.465 e. The molecule has 7 heteroatoms. The highest BCUT2D eigenvalue weighted by Crippen LogP contribution is 2.19. The molecule has 0 spiro atoms. The third-order valence-corrected chi connectivity index (χ3v) is 2.92. The van der Waals surface area contributed by atoms with Gasteiger partial charge in [0.25, 0.3) is 0 Å². The van der Waals surface area contributed by atoms with Crippen molar-refractivity contribution in [1.29, 1.82) is 0 Å². The molecule has 1 rings (SSSR count). The summed E-state index contributed by atoms with van der Waals surface area (Å²) in [5.74, 6) is -0.587. The van der Waals surface area contributed by atoms with Crippen LogP contribution in [0.25, 0.3) is 0 Å². The summed E-state index contributed by atoms with van der Waals surface area (Å²) in [6, 6.07) is 4.31. The Balaban J connectivity index is 3.27. The molecule has 17 heavy (non-hydrogen) atoms. The highest BCUT2D eigenvalue weighted by Gasteiger charge is 2.11. The number of nitrogens with zero attached hydrogens (tertiary/aromatic N) is 1. The van der Waals surface area contributed by atoms with E-state index in [1.807, 2.05) is 0 Å². The predicted molar refractivity (Wildman–Crippen MR) is 62.4 cm³/mol. The quantitative estimate of drug-likeness (QED) is 0.584. The molecule has 0 saturated heterocycles. The van der Waals surface area contributed by atoms with Gasteiger partial charge in [0.1, 0.15) is 0 Å². The average Bonchev–Trinajstić information content (AvgIpc) is 2.35. The number of rotatable bonds is 4. The van der Waals surface area contributed by atoms with Crippen molar-refractivity contribution >= 4 is 22.5 Å². The number of thiol groups is 1. The van der Waals surface area contributed by atoms with Gasteiger partial charge in [-0.3, -0.25) is 4.31 Å². The van der Waals surface area contributed by atoms with Crippen LogP contribution in [-0.4, -0.2) is 33.7 Å². The number of carbonyl (C=O) groups excluding carboxylic acids is 1. The van der Waals surface area contributed by atoms with Gasteiger partial charge < -0.3 is 9.84 Å². The van der Waals surface area contributed by atoms with Crippen molar-refractivity contribution in [2.45, 2.75) is 6.61 Å². The van der Waals surface area contributed by atoms with E-state index in [4.69, 9.17) is 5.11 Å². The molecule has 0 radical (unpaired) electrons. The van der Waals surface area contributed by atoms with E-state index in [2.05, 4.69) is 4.74 Å². The molecule has 0 bridgehead atoms. The summed E-state index contributed by atoms with van der Waals surface area (Å²) in [5.41, 5.74) is 0.928. The van der Waals surface area contributed by atoms with Gasteiger partial charge in [-0.25, -0.2) is 13.2 Å². The lowest BCUT2D eigenvalue weighted by Gasteiger charge is -2.13. The van der Waals surface area contributed by atoms with Gasteiger partial charge in [-0.2, -0.15) is 0 Å². The first-order valence-corrected chi connectivity index (χ1v) is 5.83. The molecule has 1 aromatic carbocycles. The summed E-state index contributed by atoms with van der Waals surface area (Å²) in [4.78, 5) is 11.4. The van der Waals surface area contributed by atoms with Crippen LogP contribution in [0.1, 0.15) is 15.9 Å². The molecule has 0 heterocycles. The number of esters is 1. The summed E-state index contributed by atoms with van der Waals surface area (Å²) >= 11 is 0. The van der Waals surface area contributed by atoms with E-state index in [1.165, 1.54) is 32.4 Å². The number of hydrogen-bond donors (Lipinski definition) is 2. The summed E-state index contributed by atoms with van der Waals surface area (Å²) in [5, 5.41) is 9.04. The average molecular weight is 259 g/mol. The molecule has 0 atom stereocenters. The third-order valence-electron chi connectivity index (χ3n) is 2.20. The van der Waals surface area contributed by atoms with Crippen molar-refractivity contribution in [3.05, 3.63) is 29.3 Å². The lowest BCUT2D eigenvalue weighted by atomic mass is 10.1. The van der Waals surface area contributed by atoms with Crippen LogP contribution >= 0.6 is 0 Å². The first-order valence-electron chi connectivity index (χ1n) is 4.70. The number of benzene rings is 1. The fourth-order valence-electron chi connectivity index (χ4n) is 1.28. The Kier molecular flexibility index (Phi) is 4.47. The first kappa shape index (κ1) is 13.5. The summed E-state index contributed by atoms with van der Waals surface area (Å²) in [6.45, 7) is -0.290. The van der Waals surface area contributed by atoms with E-state index in [9.17, 15) is 13.2 Å². The Morgan fingerprint density at radius 1 is 1.41 bits per heavy atom. The van der Waals surface area contributed by atoms with Crippen LogP contribution < -0.4 is 4.31 Å². The van der Waals surface area contributed by atoms with Gasteiger partial charge in [-0.05, 0) is 23.8 Å². The lowest BCUT2D eigenvalue weighted by molar-refractivity contribution is 0.0600. The fraction of sp³-hybridized carbons (Fsp3) is 0.300. The number of hydrogen-bond acceptors (Lipinski definition) is 5. The smallest absolute Gasteiger partial charge is 0.337 e. The van der Waals surface area contributed by atoms with Gasteiger partial charge in [0, 0.05) is 7.05 Å². The molecule has 0 aliphatic heterocycles. The van der Waals surface area contributed by atoms with Crippen LogP contribution in [0.4, 0.5) is 5.69 Å². The maximum atomic E-state index is 11.4. The highest BCUT2D eigenvalue weighted by molar-refractivity contribution is 7.74. The molecule has 0 aromatic heterocycles. The van der Waals surface area contributed by atoms with Crippen LogP contribution in [0.15, 0.2) is 18.2 Å². The maximum Gasteiger partial charge on any atom is 0.337 e. The number of aliphatic hydroxyl groups excluding tert-OH is 1. The molecular formula is C10H13NO5S. The standard InChI is InChI=1S/C10H13NO5S/c1-11(17(14)15)9-4-7(6-12)3-8(5-9)10(13)16-2/h3-5,12,17H,6H2,1-2H3. The Morgan fingerprint density at radius 3 is 2.53 bits per heavy atom. The molecule has 0 aliphatic carbocycles. The second-order valence-electron chi connectivity index (χ2n) is 3.30. The largest absolute Gasteiger partial charge is 0.465 e. The normalized spacial score (nSPS) is 10.4. The Hall–Kier alpha value is -1.60. The molecule has 0 unspecified atom stereocenters. The zero-order valence-corrected chi connectivity index (χ0v) is 10.3. The summed E-state index contributed by atoms with van der Waals surface area (Å²) < 4.78 is 27.2. The topological polar surface area (TPSA) is 83.9 Å². The summed E-state index contributed by atoms with van der Waals surface area (Å²) in [7, 11) is -0.214. The van der Waals surface area contributed by atoms with Crippen molar-refractivity contribution < 1.29 is 23.1 Å². The Bertz CT molecular complexity index is 489. The number of aliphatic hydroxyl groups is 1. The molecule has 0 saturated carbocycles. The highest BCUT2D eigenvalue weighted by atomic mass is 32.2. The van der Waals surface area contributed by atoms with Crippen LogP contribution in [0.2, 0.25) is 0 Å². The number of ether oxygens (including phenoxy) is 1. The fourth-order valence-corrected chi connectivity index (χ4v) is 1.59. The Labute approximate surface area is 101 Å². The zero-order valence-electron chi connectivity index (χ0n) is 9.41.